The van der Waals surface area contributed by atoms with Crippen LogP contribution in [-0.2, 0) is 6.42 Å². The molecule has 2 fully saturated rings. The van der Waals surface area contributed by atoms with E-state index in [1.807, 2.05) is 24.3 Å². The molecule has 0 spiro atoms. The Bertz CT molecular complexity index is 814. The van der Waals surface area contributed by atoms with Gasteiger partial charge in [0.05, 0.1) is 19.8 Å². The average Bonchev–Trinajstić information content (AvgIpc) is 3.24. The van der Waals surface area contributed by atoms with Crippen molar-refractivity contribution in [3.05, 3.63) is 65.5 Å². The van der Waals surface area contributed by atoms with Crippen LogP contribution >= 0.6 is 0 Å². The maximum atomic E-state index is 13.3. The summed E-state index contributed by atoms with van der Waals surface area (Å²) in [5.41, 5.74) is 8.93. The second-order valence-corrected chi connectivity index (χ2v) is 8.84. The number of benzene rings is 2. The van der Waals surface area contributed by atoms with Crippen molar-refractivity contribution in [3.63, 3.8) is 0 Å². The quantitative estimate of drug-likeness (QED) is 0.652. The lowest BCUT2D eigenvalue weighted by Crippen LogP contribution is -2.48. The highest BCUT2D eigenvalue weighted by molar-refractivity contribution is 5.30. The summed E-state index contributed by atoms with van der Waals surface area (Å²) in [6.07, 6.45) is 2.85. The lowest BCUT2D eigenvalue weighted by Gasteiger charge is -2.43. The van der Waals surface area contributed by atoms with Gasteiger partial charge < -0.3 is 14.7 Å². The summed E-state index contributed by atoms with van der Waals surface area (Å²) >= 11 is 0. The van der Waals surface area contributed by atoms with E-state index in [-0.39, 0.29) is 23.9 Å². The summed E-state index contributed by atoms with van der Waals surface area (Å²) in [4.78, 5) is 2.50. The molecule has 4 rings (SSSR count). The van der Waals surface area contributed by atoms with Crippen LogP contribution in [0.2, 0.25) is 0 Å². The van der Waals surface area contributed by atoms with E-state index in [1.165, 1.54) is 17.7 Å². The molecule has 0 radical (unpaired) electrons. The SMILES string of the molecule is COc1ccc(C2NNCC2CN2CCCC(CO)(Cc3ccc(F)cc3)C2)cc1. The molecule has 0 saturated carbocycles. The number of piperidine rings is 1. The van der Waals surface area contributed by atoms with Gasteiger partial charge in [0.1, 0.15) is 11.6 Å². The van der Waals surface area contributed by atoms with E-state index in [4.69, 9.17) is 4.74 Å². The van der Waals surface area contributed by atoms with E-state index in [1.54, 1.807) is 7.11 Å². The highest BCUT2D eigenvalue weighted by Crippen LogP contribution is 2.35. The van der Waals surface area contributed by atoms with Crippen LogP contribution in [-0.4, -0.2) is 49.9 Å². The second kappa shape index (κ2) is 9.43. The monoisotopic (exact) mass is 413 g/mol. The summed E-state index contributed by atoms with van der Waals surface area (Å²) in [6, 6.07) is 15.2. The van der Waals surface area contributed by atoms with Gasteiger partial charge in [0, 0.05) is 31.0 Å². The third-order valence-electron chi connectivity index (χ3n) is 6.63. The Labute approximate surface area is 178 Å². The largest absolute Gasteiger partial charge is 0.497 e. The standard InChI is InChI=1S/C24H32FN3O2/c1-30-22-9-5-19(6-10-22)23-20(14-26-27-23)15-28-12-2-11-24(16-28,17-29)13-18-3-7-21(25)8-4-18/h3-10,20,23,26-27,29H,2,11-17H2,1H3. The normalized spacial score (nSPS) is 27.3. The van der Waals surface area contributed by atoms with Gasteiger partial charge in [-0.2, -0.15) is 0 Å². The van der Waals surface area contributed by atoms with Crippen molar-refractivity contribution < 1.29 is 14.2 Å². The van der Waals surface area contributed by atoms with Gasteiger partial charge >= 0.3 is 0 Å². The molecular formula is C24H32FN3O2. The Morgan fingerprint density at radius 2 is 1.93 bits per heavy atom. The van der Waals surface area contributed by atoms with Crippen LogP contribution in [0.3, 0.4) is 0 Å². The Morgan fingerprint density at radius 1 is 1.17 bits per heavy atom. The van der Waals surface area contributed by atoms with Gasteiger partial charge in [-0.25, -0.2) is 9.82 Å². The fourth-order valence-corrected chi connectivity index (χ4v) is 5.03. The molecule has 0 aliphatic carbocycles. The maximum Gasteiger partial charge on any atom is 0.123 e. The van der Waals surface area contributed by atoms with Gasteiger partial charge in [-0.3, -0.25) is 5.43 Å². The van der Waals surface area contributed by atoms with Crippen LogP contribution in [0.25, 0.3) is 0 Å². The van der Waals surface area contributed by atoms with E-state index in [9.17, 15) is 9.50 Å². The van der Waals surface area contributed by atoms with Crippen molar-refractivity contribution in [2.24, 2.45) is 11.3 Å². The van der Waals surface area contributed by atoms with Gasteiger partial charge in [-0.15, -0.1) is 0 Å². The van der Waals surface area contributed by atoms with Crippen LogP contribution in [0.1, 0.15) is 30.0 Å². The molecule has 2 aliphatic heterocycles. The molecule has 5 nitrogen and oxygen atoms in total. The molecule has 3 unspecified atom stereocenters. The molecule has 2 aliphatic rings. The molecule has 162 valence electrons. The number of hydrazine groups is 1. The number of aliphatic hydroxyl groups is 1. The summed E-state index contributed by atoms with van der Waals surface area (Å²) < 4.78 is 18.6. The van der Waals surface area contributed by atoms with Crippen LogP contribution in [0, 0.1) is 17.2 Å². The minimum atomic E-state index is -0.215. The highest BCUT2D eigenvalue weighted by Gasteiger charge is 2.37. The number of nitrogens with one attached hydrogen (secondary N) is 2. The number of rotatable bonds is 7. The van der Waals surface area contributed by atoms with Gasteiger partial charge in [-0.05, 0) is 61.2 Å². The zero-order chi connectivity index (χ0) is 21.0. The predicted octanol–water partition coefficient (Wildman–Crippen LogP) is 2.92. The molecule has 3 atom stereocenters. The molecule has 2 heterocycles. The third-order valence-corrected chi connectivity index (χ3v) is 6.63. The van der Waals surface area contributed by atoms with Crippen molar-refractivity contribution >= 4 is 0 Å². The molecule has 0 bridgehead atoms. The van der Waals surface area contributed by atoms with Crippen LogP contribution in [0.5, 0.6) is 5.75 Å². The van der Waals surface area contributed by atoms with Crippen LogP contribution < -0.4 is 15.6 Å². The summed E-state index contributed by atoms with van der Waals surface area (Å²) in [5.74, 6) is 1.09. The first-order valence-electron chi connectivity index (χ1n) is 10.8. The highest BCUT2D eigenvalue weighted by atomic mass is 19.1. The molecule has 30 heavy (non-hydrogen) atoms. The number of likely N-dealkylation sites (tertiary alicyclic amines) is 1. The Hall–Kier alpha value is -1.99. The number of nitrogens with zero attached hydrogens (tertiary/aromatic N) is 1. The smallest absolute Gasteiger partial charge is 0.123 e. The fraction of sp³-hybridized carbons (Fsp3) is 0.500. The number of aliphatic hydroxyl groups excluding tert-OH is 1. The van der Waals surface area contributed by atoms with Crippen LogP contribution in [0.4, 0.5) is 4.39 Å². The number of ether oxygens (including phenoxy) is 1. The third kappa shape index (κ3) is 4.83. The van der Waals surface area contributed by atoms with Crippen molar-refractivity contribution in [2.75, 3.05) is 39.9 Å². The molecule has 6 heteroatoms. The molecule has 0 aromatic heterocycles. The van der Waals surface area contributed by atoms with Gasteiger partial charge in [0.25, 0.3) is 0 Å². The van der Waals surface area contributed by atoms with E-state index in [0.29, 0.717) is 5.92 Å². The van der Waals surface area contributed by atoms with E-state index < -0.39 is 0 Å². The van der Waals surface area contributed by atoms with E-state index in [2.05, 4.69) is 27.9 Å². The van der Waals surface area contributed by atoms with Gasteiger partial charge in [0.15, 0.2) is 0 Å². The minimum absolute atomic E-state index is 0.157. The molecule has 2 aromatic rings. The van der Waals surface area contributed by atoms with Crippen molar-refractivity contribution in [1.29, 1.82) is 0 Å². The number of halogens is 1. The van der Waals surface area contributed by atoms with E-state index >= 15 is 0 Å². The van der Waals surface area contributed by atoms with Gasteiger partial charge in [-0.1, -0.05) is 24.3 Å². The zero-order valence-corrected chi connectivity index (χ0v) is 17.6. The molecule has 0 amide bonds. The Kier molecular flexibility index (Phi) is 6.68. The lowest BCUT2D eigenvalue weighted by atomic mass is 9.75. The predicted molar refractivity (Wildman–Crippen MR) is 116 cm³/mol. The minimum Gasteiger partial charge on any atom is -0.497 e. The van der Waals surface area contributed by atoms with Crippen molar-refractivity contribution in [3.8, 4) is 5.75 Å². The number of hydrogen-bond donors (Lipinski definition) is 3. The van der Waals surface area contributed by atoms with Crippen molar-refractivity contribution in [1.82, 2.24) is 15.8 Å². The Balaban J connectivity index is 1.42. The van der Waals surface area contributed by atoms with E-state index in [0.717, 1.165) is 56.8 Å². The topological polar surface area (TPSA) is 56.8 Å². The first-order valence-corrected chi connectivity index (χ1v) is 10.8. The zero-order valence-electron chi connectivity index (χ0n) is 17.6. The summed E-state index contributed by atoms with van der Waals surface area (Å²) in [7, 11) is 1.68. The van der Waals surface area contributed by atoms with Crippen LogP contribution in [0.15, 0.2) is 48.5 Å². The number of methoxy groups -OCH3 is 1. The second-order valence-electron chi connectivity index (χ2n) is 8.84. The lowest BCUT2D eigenvalue weighted by molar-refractivity contribution is 0.0255. The summed E-state index contributed by atoms with van der Waals surface area (Å²) in [6.45, 7) is 3.97. The Morgan fingerprint density at radius 3 is 2.63 bits per heavy atom. The number of hydrogen-bond acceptors (Lipinski definition) is 5. The first-order chi connectivity index (χ1) is 14.6. The average molecular weight is 414 g/mol. The molecule has 3 N–H and O–H groups in total. The maximum absolute atomic E-state index is 13.3. The molecular weight excluding hydrogens is 381 g/mol. The van der Waals surface area contributed by atoms with Gasteiger partial charge in [0.2, 0.25) is 0 Å². The molecule has 2 aromatic carbocycles. The fourth-order valence-electron chi connectivity index (χ4n) is 5.03. The molecule has 2 saturated heterocycles. The summed E-state index contributed by atoms with van der Waals surface area (Å²) in [5, 5.41) is 10.3. The first kappa shape index (κ1) is 21.2. The van der Waals surface area contributed by atoms with Crippen molar-refractivity contribution in [2.45, 2.75) is 25.3 Å².